The number of esters is 1. The molecule has 0 aliphatic carbocycles. The SMILES string of the molecule is COC(=O)c1cc(NCC(=O)Nc2cc(C(C)(C)C)no2)ccc1Cl. The van der Waals surface area contributed by atoms with E-state index < -0.39 is 5.97 Å². The lowest BCUT2D eigenvalue weighted by Gasteiger charge is -2.12. The van der Waals surface area contributed by atoms with Gasteiger partial charge in [0.1, 0.15) is 0 Å². The van der Waals surface area contributed by atoms with Crippen LogP contribution in [0.3, 0.4) is 0 Å². The second kappa shape index (κ2) is 7.57. The van der Waals surface area contributed by atoms with E-state index in [0.29, 0.717) is 5.69 Å². The van der Waals surface area contributed by atoms with Gasteiger partial charge in [0.05, 0.1) is 29.9 Å². The molecule has 7 nitrogen and oxygen atoms in total. The van der Waals surface area contributed by atoms with Crippen LogP contribution in [-0.2, 0) is 14.9 Å². The van der Waals surface area contributed by atoms with Crippen LogP contribution < -0.4 is 10.6 Å². The Kier molecular flexibility index (Phi) is 5.69. The van der Waals surface area contributed by atoms with Crippen molar-refractivity contribution >= 4 is 35.0 Å². The quantitative estimate of drug-likeness (QED) is 0.788. The summed E-state index contributed by atoms with van der Waals surface area (Å²) in [5.41, 5.74) is 1.36. The number of methoxy groups -OCH3 is 1. The predicted molar refractivity (Wildman–Crippen MR) is 95.1 cm³/mol. The number of benzene rings is 1. The lowest BCUT2D eigenvalue weighted by Crippen LogP contribution is -2.21. The van der Waals surface area contributed by atoms with E-state index in [4.69, 9.17) is 16.1 Å². The van der Waals surface area contributed by atoms with Crippen molar-refractivity contribution in [3.05, 3.63) is 40.5 Å². The number of hydrogen-bond donors (Lipinski definition) is 2. The standard InChI is InChI=1S/C17H20ClN3O4/c1-17(2,3)13-8-15(25-21-13)20-14(22)9-19-10-5-6-12(18)11(7-10)16(23)24-4/h5-8,19H,9H2,1-4H3,(H,20,22). The van der Waals surface area contributed by atoms with E-state index in [0.717, 1.165) is 5.69 Å². The Morgan fingerprint density at radius 3 is 2.60 bits per heavy atom. The van der Waals surface area contributed by atoms with Gasteiger partial charge in [0.25, 0.3) is 0 Å². The van der Waals surface area contributed by atoms with E-state index >= 15 is 0 Å². The van der Waals surface area contributed by atoms with Gasteiger partial charge in [0.2, 0.25) is 11.8 Å². The van der Waals surface area contributed by atoms with E-state index in [-0.39, 0.29) is 34.3 Å². The minimum Gasteiger partial charge on any atom is -0.465 e. The van der Waals surface area contributed by atoms with Gasteiger partial charge < -0.3 is 14.6 Å². The van der Waals surface area contributed by atoms with E-state index in [1.54, 1.807) is 18.2 Å². The molecular weight excluding hydrogens is 346 g/mol. The van der Waals surface area contributed by atoms with E-state index in [2.05, 4.69) is 20.5 Å². The van der Waals surface area contributed by atoms with Gasteiger partial charge in [-0.2, -0.15) is 0 Å². The van der Waals surface area contributed by atoms with Gasteiger partial charge in [0, 0.05) is 17.2 Å². The summed E-state index contributed by atoms with van der Waals surface area (Å²) in [5, 5.41) is 9.73. The Labute approximate surface area is 150 Å². The van der Waals surface area contributed by atoms with Crippen LogP contribution in [0.15, 0.2) is 28.8 Å². The third-order valence-corrected chi connectivity index (χ3v) is 3.70. The number of nitrogens with one attached hydrogen (secondary N) is 2. The van der Waals surface area contributed by atoms with Crippen LogP contribution in [-0.4, -0.2) is 30.7 Å². The van der Waals surface area contributed by atoms with E-state index in [1.165, 1.54) is 13.2 Å². The first kappa shape index (κ1) is 18.8. The molecule has 0 aliphatic heterocycles. The number of anilines is 2. The zero-order valence-electron chi connectivity index (χ0n) is 14.5. The molecule has 0 saturated carbocycles. The number of hydrogen-bond acceptors (Lipinski definition) is 6. The maximum absolute atomic E-state index is 12.0. The molecule has 0 fully saturated rings. The lowest BCUT2D eigenvalue weighted by atomic mass is 9.92. The number of ether oxygens (including phenoxy) is 1. The van der Waals surface area contributed by atoms with Crippen molar-refractivity contribution in [2.45, 2.75) is 26.2 Å². The summed E-state index contributed by atoms with van der Waals surface area (Å²) in [6, 6.07) is 6.43. The number of nitrogens with zero attached hydrogens (tertiary/aromatic N) is 1. The number of rotatable bonds is 5. The van der Waals surface area contributed by atoms with Gasteiger partial charge in [0.15, 0.2) is 0 Å². The van der Waals surface area contributed by atoms with Crippen LogP contribution in [0.2, 0.25) is 5.02 Å². The zero-order chi connectivity index (χ0) is 18.6. The summed E-state index contributed by atoms with van der Waals surface area (Å²) in [6.07, 6.45) is 0. The molecule has 2 rings (SSSR count). The normalized spacial score (nSPS) is 11.1. The molecule has 0 spiro atoms. The maximum atomic E-state index is 12.0. The van der Waals surface area contributed by atoms with Crippen LogP contribution in [0.4, 0.5) is 11.6 Å². The summed E-state index contributed by atoms with van der Waals surface area (Å²) >= 11 is 5.95. The van der Waals surface area contributed by atoms with Crippen molar-refractivity contribution in [3.8, 4) is 0 Å². The highest BCUT2D eigenvalue weighted by Gasteiger charge is 2.19. The third kappa shape index (κ3) is 4.96. The van der Waals surface area contributed by atoms with Crippen molar-refractivity contribution in [3.63, 3.8) is 0 Å². The molecule has 0 bridgehead atoms. The van der Waals surface area contributed by atoms with Crippen molar-refractivity contribution in [1.82, 2.24) is 5.16 Å². The molecule has 0 saturated heterocycles. The second-order valence-corrected chi connectivity index (χ2v) is 6.82. The van der Waals surface area contributed by atoms with Crippen molar-refractivity contribution in [2.24, 2.45) is 0 Å². The molecule has 0 radical (unpaired) electrons. The zero-order valence-corrected chi connectivity index (χ0v) is 15.2. The molecule has 2 aromatic rings. The molecule has 0 aliphatic rings. The van der Waals surface area contributed by atoms with Crippen molar-refractivity contribution < 1.29 is 18.8 Å². The fraction of sp³-hybridized carbons (Fsp3) is 0.353. The highest BCUT2D eigenvalue weighted by atomic mass is 35.5. The lowest BCUT2D eigenvalue weighted by molar-refractivity contribution is -0.114. The van der Waals surface area contributed by atoms with Crippen LogP contribution in [0, 0.1) is 0 Å². The smallest absolute Gasteiger partial charge is 0.339 e. The minimum atomic E-state index is -0.547. The molecule has 8 heteroatoms. The first-order chi connectivity index (χ1) is 11.7. The number of aromatic nitrogens is 1. The topological polar surface area (TPSA) is 93.5 Å². The average molecular weight is 366 g/mol. The second-order valence-electron chi connectivity index (χ2n) is 6.41. The number of amides is 1. The molecule has 0 unspecified atom stereocenters. The van der Waals surface area contributed by atoms with Crippen LogP contribution >= 0.6 is 11.6 Å². The monoisotopic (exact) mass is 365 g/mol. The van der Waals surface area contributed by atoms with Gasteiger partial charge in [-0.15, -0.1) is 0 Å². The molecule has 25 heavy (non-hydrogen) atoms. The minimum absolute atomic E-state index is 0.0200. The van der Waals surface area contributed by atoms with Crippen LogP contribution in [0.1, 0.15) is 36.8 Å². The number of carbonyl (C=O) groups is 2. The van der Waals surface area contributed by atoms with Crippen molar-refractivity contribution in [1.29, 1.82) is 0 Å². The highest BCUT2D eigenvalue weighted by molar-refractivity contribution is 6.33. The summed E-state index contributed by atoms with van der Waals surface area (Å²) in [5.74, 6) is -0.580. The molecule has 1 heterocycles. The Balaban J connectivity index is 1.96. The highest BCUT2D eigenvalue weighted by Crippen LogP contribution is 2.24. The summed E-state index contributed by atoms with van der Waals surface area (Å²) in [4.78, 5) is 23.6. The van der Waals surface area contributed by atoms with Gasteiger partial charge in [-0.1, -0.05) is 37.5 Å². The average Bonchev–Trinajstić information content (AvgIpc) is 3.02. The molecule has 134 valence electrons. The molecule has 1 aromatic heterocycles. The number of halogens is 1. The Morgan fingerprint density at radius 1 is 1.28 bits per heavy atom. The fourth-order valence-electron chi connectivity index (χ4n) is 1.95. The molecule has 0 atom stereocenters. The van der Waals surface area contributed by atoms with Crippen LogP contribution in [0.25, 0.3) is 0 Å². The molecule has 1 aromatic carbocycles. The van der Waals surface area contributed by atoms with Crippen molar-refractivity contribution in [2.75, 3.05) is 24.3 Å². The Bertz CT molecular complexity index is 780. The van der Waals surface area contributed by atoms with Gasteiger partial charge >= 0.3 is 5.97 Å². The van der Waals surface area contributed by atoms with Crippen LogP contribution in [0.5, 0.6) is 0 Å². The largest absolute Gasteiger partial charge is 0.465 e. The van der Waals surface area contributed by atoms with Gasteiger partial charge in [-0.25, -0.2) is 4.79 Å². The van der Waals surface area contributed by atoms with E-state index in [1.807, 2.05) is 20.8 Å². The first-order valence-corrected chi connectivity index (χ1v) is 7.97. The first-order valence-electron chi connectivity index (χ1n) is 7.59. The summed E-state index contributed by atoms with van der Waals surface area (Å²) in [7, 11) is 1.27. The summed E-state index contributed by atoms with van der Waals surface area (Å²) < 4.78 is 9.76. The molecule has 1 amide bonds. The molecular formula is C17H20ClN3O4. The fourth-order valence-corrected chi connectivity index (χ4v) is 2.15. The Morgan fingerprint density at radius 2 is 2.00 bits per heavy atom. The third-order valence-electron chi connectivity index (χ3n) is 3.37. The summed E-state index contributed by atoms with van der Waals surface area (Å²) in [6.45, 7) is 5.97. The van der Waals surface area contributed by atoms with Gasteiger partial charge in [-0.3, -0.25) is 10.1 Å². The Hall–Kier alpha value is -2.54. The number of carbonyl (C=O) groups excluding carboxylic acids is 2. The van der Waals surface area contributed by atoms with E-state index in [9.17, 15) is 9.59 Å². The molecule has 2 N–H and O–H groups in total. The predicted octanol–water partition coefficient (Wildman–Crippen LogP) is 3.46. The maximum Gasteiger partial charge on any atom is 0.339 e. The van der Waals surface area contributed by atoms with Gasteiger partial charge in [-0.05, 0) is 18.2 Å².